The van der Waals surface area contributed by atoms with E-state index in [2.05, 4.69) is 31.1 Å². The first-order chi connectivity index (χ1) is 10.1. The first-order valence-electron chi connectivity index (χ1n) is 7.25. The summed E-state index contributed by atoms with van der Waals surface area (Å²) < 4.78 is 13.7. The summed E-state index contributed by atoms with van der Waals surface area (Å²) >= 11 is 3.19. The van der Waals surface area contributed by atoms with Crippen LogP contribution in [0.25, 0.3) is 0 Å². The number of aliphatic hydroxyl groups excluding tert-OH is 1. The lowest BCUT2D eigenvalue weighted by atomic mass is 10.1. The first kappa shape index (κ1) is 16.2. The molecule has 116 valence electrons. The molecule has 1 fully saturated rings. The largest absolute Gasteiger partial charge is 0.391 e. The number of benzene rings is 1. The summed E-state index contributed by atoms with van der Waals surface area (Å²) in [4.78, 5) is 6.67. The van der Waals surface area contributed by atoms with Gasteiger partial charge in [-0.05, 0) is 53.4 Å². The smallest absolute Gasteiger partial charge is 0.194 e. The molecule has 1 aromatic carbocycles. The molecule has 1 atom stereocenters. The third-order valence-corrected chi connectivity index (χ3v) is 4.05. The van der Waals surface area contributed by atoms with Crippen LogP contribution in [0.5, 0.6) is 0 Å². The van der Waals surface area contributed by atoms with Crippen LogP contribution in [0, 0.1) is 5.82 Å². The molecule has 1 heterocycles. The van der Waals surface area contributed by atoms with Gasteiger partial charge in [-0.15, -0.1) is 0 Å². The van der Waals surface area contributed by atoms with Crippen LogP contribution in [0.15, 0.2) is 27.7 Å². The molecule has 4 nitrogen and oxygen atoms in total. The van der Waals surface area contributed by atoms with Gasteiger partial charge in [0.2, 0.25) is 0 Å². The molecular formula is C15H21BrFN3O. The van der Waals surface area contributed by atoms with Gasteiger partial charge in [0.15, 0.2) is 5.96 Å². The third kappa shape index (κ3) is 4.68. The van der Waals surface area contributed by atoms with E-state index >= 15 is 0 Å². The summed E-state index contributed by atoms with van der Waals surface area (Å²) in [6.07, 6.45) is 1.28. The number of halogens is 2. The van der Waals surface area contributed by atoms with Crippen molar-refractivity contribution in [1.29, 1.82) is 0 Å². The lowest BCUT2D eigenvalue weighted by Gasteiger charge is -2.20. The second-order valence-electron chi connectivity index (χ2n) is 5.12. The minimum atomic E-state index is -0.262. The van der Waals surface area contributed by atoms with Crippen LogP contribution < -0.4 is 5.32 Å². The summed E-state index contributed by atoms with van der Waals surface area (Å²) in [7, 11) is 0. The van der Waals surface area contributed by atoms with Gasteiger partial charge in [-0.25, -0.2) is 4.39 Å². The number of nitrogens with zero attached hydrogens (tertiary/aromatic N) is 2. The van der Waals surface area contributed by atoms with Gasteiger partial charge in [0.05, 0.1) is 10.6 Å². The number of hydrogen-bond donors (Lipinski definition) is 2. The Morgan fingerprint density at radius 2 is 2.38 bits per heavy atom. The molecule has 0 amide bonds. The number of likely N-dealkylation sites (tertiary alicyclic amines) is 1. The zero-order valence-corrected chi connectivity index (χ0v) is 13.7. The number of aliphatic imine (C=N–C) groups is 1. The molecule has 1 aliphatic heterocycles. The van der Waals surface area contributed by atoms with Gasteiger partial charge >= 0.3 is 0 Å². The number of hydrogen-bond acceptors (Lipinski definition) is 2. The second kappa shape index (κ2) is 7.75. The number of aliphatic hydroxyl groups is 1. The standard InChI is InChI=1S/C15H21BrFN3O/c1-2-18-15(20-8-6-12(21)10-20)19-7-5-11-3-4-14(17)13(16)9-11/h3-4,9,12,21H,2,5-8,10H2,1H3,(H,18,19)/t12-/m1/s1. The number of rotatable bonds is 4. The fraction of sp³-hybridized carbons (Fsp3) is 0.533. The Balaban J connectivity index is 1.94. The predicted molar refractivity (Wildman–Crippen MR) is 86.0 cm³/mol. The molecule has 0 bridgehead atoms. The molecule has 1 aromatic rings. The highest BCUT2D eigenvalue weighted by Crippen LogP contribution is 2.17. The minimum absolute atomic E-state index is 0.248. The quantitative estimate of drug-likeness (QED) is 0.641. The van der Waals surface area contributed by atoms with Gasteiger partial charge in [-0.1, -0.05) is 6.07 Å². The van der Waals surface area contributed by atoms with E-state index < -0.39 is 0 Å². The Bertz CT molecular complexity index is 510. The highest BCUT2D eigenvalue weighted by atomic mass is 79.9. The fourth-order valence-electron chi connectivity index (χ4n) is 2.35. The Morgan fingerprint density at radius 1 is 1.57 bits per heavy atom. The van der Waals surface area contributed by atoms with Crippen LogP contribution in [0.4, 0.5) is 4.39 Å². The normalized spacial score (nSPS) is 19.1. The van der Waals surface area contributed by atoms with E-state index in [-0.39, 0.29) is 11.9 Å². The Kier molecular flexibility index (Phi) is 5.99. The summed E-state index contributed by atoms with van der Waals surface area (Å²) in [6.45, 7) is 4.92. The molecule has 0 aliphatic carbocycles. The zero-order valence-electron chi connectivity index (χ0n) is 12.1. The van der Waals surface area contributed by atoms with E-state index in [0.29, 0.717) is 17.6 Å². The Labute approximate surface area is 133 Å². The van der Waals surface area contributed by atoms with E-state index in [4.69, 9.17) is 0 Å². The Morgan fingerprint density at radius 3 is 3.00 bits per heavy atom. The lowest BCUT2D eigenvalue weighted by Crippen LogP contribution is -2.40. The zero-order chi connectivity index (χ0) is 15.2. The molecule has 1 aliphatic rings. The van der Waals surface area contributed by atoms with Gasteiger partial charge in [-0.2, -0.15) is 0 Å². The highest BCUT2D eigenvalue weighted by Gasteiger charge is 2.22. The van der Waals surface area contributed by atoms with E-state index in [1.54, 1.807) is 12.1 Å². The molecule has 0 unspecified atom stereocenters. The van der Waals surface area contributed by atoms with E-state index in [0.717, 1.165) is 37.5 Å². The summed E-state index contributed by atoms with van der Waals surface area (Å²) in [5.41, 5.74) is 1.05. The molecule has 0 radical (unpaired) electrons. The van der Waals surface area contributed by atoms with Gasteiger partial charge in [-0.3, -0.25) is 4.99 Å². The first-order valence-corrected chi connectivity index (χ1v) is 8.04. The second-order valence-corrected chi connectivity index (χ2v) is 5.98. The third-order valence-electron chi connectivity index (χ3n) is 3.44. The number of nitrogens with one attached hydrogen (secondary N) is 1. The maximum Gasteiger partial charge on any atom is 0.194 e. The fourth-order valence-corrected chi connectivity index (χ4v) is 2.77. The van der Waals surface area contributed by atoms with Crippen molar-refractivity contribution in [2.75, 3.05) is 26.2 Å². The van der Waals surface area contributed by atoms with E-state index in [1.807, 2.05) is 6.92 Å². The molecule has 1 saturated heterocycles. The molecule has 21 heavy (non-hydrogen) atoms. The predicted octanol–water partition coefficient (Wildman–Crippen LogP) is 2.16. The van der Waals surface area contributed by atoms with Crippen molar-refractivity contribution in [1.82, 2.24) is 10.2 Å². The van der Waals surface area contributed by atoms with Crippen molar-refractivity contribution in [3.8, 4) is 0 Å². The lowest BCUT2D eigenvalue weighted by molar-refractivity contribution is 0.188. The van der Waals surface area contributed by atoms with Gasteiger partial charge in [0, 0.05) is 26.2 Å². The maximum absolute atomic E-state index is 13.2. The van der Waals surface area contributed by atoms with Crippen molar-refractivity contribution in [3.05, 3.63) is 34.1 Å². The van der Waals surface area contributed by atoms with Crippen LogP contribution in [0.2, 0.25) is 0 Å². The molecule has 0 saturated carbocycles. The van der Waals surface area contributed by atoms with Crippen molar-refractivity contribution >= 4 is 21.9 Å². The van der Waals surface area contributed by atoms with Gasteiger partial charge < -0.3 is 15.3 Å². The van der Waals surface area contributed by atoms with Crippen molar-refractivity contribution in [2.24, 2.45) is 4.99 Å². The van der Waals surface area contributed by atoms with Crippen molar-refractivity contribution in [2.45, 2.75) is 25.9 Å². The monoisotopic (exact) mass is 357 g/mol. The summed E-state index contributed by atoms with van der Waals surface area (Å²) in [5, 5.41) is 12.9. The highest BCUT2D eigenvalue weighted by molar-refractivity contribution is 9.10. The SMILES string of the molecule is CCNC(=NCCc1ccc(F)c(Br)c1)N1CC[C@@H](O)C1. The molecule has 2 rings (SSSR count). The maximum atomic E-state index is 13.2. The van der Waals surface area contributed by atoms with Crippen LogP contribution >= 0.6 is 15.9 Å². The summed E-state index contributed by atoms with van der Waals surface area (Å²) in [5.74, 6) is 0.594. The molecule has 0 aromatic heterocycles. The molecule has 6 heteroatoms. The molecule has 2 N–H and O–H groups in total. The van der Waals surface area contributed by atoms with Gasteiger partial charge in [0.25, 0.3) is 0 Å². The number of β-amino-alcohol motifs (C(OH)–C–C–N with tert-alkyl or cyclic N) is 1. The average molecular weight is 358 g/mol. The average Bonchev–Trinajstić information content (AvgIpc) is 2.88. The number of guanidine groups is 1. The minimum Gasteiger partial charge on any atom is -0.391 e. The van der Waals surface area contributed by atoms with E-state index in [1.165, 1.54) is 6.07 Å². The Hall–Kier alpha value is -1.14. The summed E-state index contributed by atoms with van der Waals surface area (Å²) in [6, 6.07) is 5.03. The van der Waals surface area contributed by atoms with Crippen LogP contribution in [-0.4, -0.2) is 48.2 Å². The van der Waals surface area contributed by atoms with Crippen molar-refractivity contribution in [3.63, 3.8) is 0 Å². The van der Waals surface area contributed by atoms with E-state index in [9.17, 15) is 9.50 Å². The van der Waals surface area contributed by atoms with Gasteiger partial charge in [0.1, 0.15) is 5.82 Å². The van der Waals surface area contributed by atoms with Crippen LogP contribution in [0.3, 0.4) is 0 Å². The molecule has 0 spiro atoms. The molecular weight excluding hydrogens is 337 g/mol. The van der Waals surface area contributed by atoms with Crippen LogP contribution in [-0.2, 0) is 6.42 Å². The van der Waals surface area contributed by atoms with Crippen molar-refractivity contribution < 1.29 is 9.50 Å². The van der Waals surface area contributed by atoms with Crippen LogP contribution in [0.1, 0.15) is 18.9 Å². The topological polar surface area (TPSA) is 47.9 Å².